The molecule has 0 fully saturated rings. The standard InChI is InChI=1S/C16H18N2O3/c1-20-15-9-8-12(10-14(15)16(19)21-2)11-17-18-13-6-4-3-5-7-13/h3-10,17-18H,11H2,1-2H3. The second-order valence-corrected chi connectivity index (χ2v) is 4.37. The van der Waals surface area contributed by atoms with E-state index in [1.54, 1.807) is 12.1 Å². The average molecular weight is 286 g/mol. The largest absolute Gasteiger partial charge is 0.496 e. The first-order chi connectivity index (χ1) is 10.2. The molecule has 0 saturated carbocycles. The Balaban J connectivity index is 2.02. The van der Waals surface area contributed by atoms with E-state index in [0.717, 1.165) is 11.3 Å². The quantitative estimate of drug-likeness (QED) is 0.631. The maximum atomic E-state index is 11.7. The number of carbonyl (C=O) groups excluding carboxylic acids is 1. The van der Waals surface area contributed by atoms with Gasteiger partial charge < -0.3 is 14.9 Å². The SMILES string of the molecule is COC(=O)c1cc(CNNc2ccccc2)ccc1OC. The van der Waals surface area contributed by atoms with Crippen LogP contribution < -0.4 is 15.6 Å². The second-order valence-electron chi connectivity index (χ2n) is 4.37. The molecule has 0 aliphatic carbocycles. The highest BCUT2D eigenvalue weighted by atomic mass is 16.5. The molecule has 0 aliphatic heterocycles. The lowest BCUT2D eigenvalue weighted by Crippen LogP contribution is -2.21. The predicted octanol–water partition coefficient (Wildman–Crippen LogP) is 2.60. The van der Waals surface area contributed by atoms with Crippen LogP contribution in [0.25, 0.3) is 0 Å². The van der Waals surface area contributed by atoms with Gasteiger partial charge in [-0.25, -0.2) is 10.2 Å². The molecule has 0 aliphatic rings. The van der Waals surface area contributed by atoms with Crippen LogP contribution >= 0.6 is 0 Å². The summed E-state index contributed by atoms with van der Waals surface area (Å²) in [7, 11) is 2.88. The second kappa shape index (κ2) is 7.31. The van der Waals surface area contributed by atoms with E-state index in [2.05, 4.69) is 10.9 Å². The Hall–Kier alpha value is -2.53. The lowest BCUT2D eigenvalue weighted by molar-refractivity contribution is 0.0597. The molecule has 2 N–H and O–H groups in total. The van der Waals surface area contributed by atoms with Gasteiger partial charge >= 0.3 is 5.97 Å². The summed E-state index contributed by atoms with van der Waals surface area (Å²) >= 11 is 0. The minimum atomic E-state index is -0.412. The van der Waals surface area contributed by atoms with Gasteiger partial charge in [0.05, 0.1) is 14.2 Å². The first-order valence-electron chi connectivity index (χ1n) is 6.53. The van der Waals surface area contributed by atoms with E-state index in [9.17, 15) is 4.79 Å². The van der Waals surface area contributed by atoms with Gasteiger partial charge in [-0.3, -0.25) is 0 Å². The molecular weight excluding hydrogens is 268 g/mol. The molecule has 2 aromatic carbocycles. The van der Waals surface area contributed by atoms with E-state index in [0.29, 0.717) is 17.9 Å². The molecule has 0 amide bonds. The summed E-state index contributed by atoms with van der Waals surface area (Å²) in [4.78, 5) is 11.7. The van der Waals surface area contributed by atoms with Crippen molar-refractivity contribution in [3.05, 3.63) is 59.7 Å². The van der Waals surface area contributed by atoms with Gasteiger partial charge in [-0.05, 0) is 29.8 Å². The lowest BCUT2D eigenvalue weighted by atomic mass is 10.1. The van der Waals surface area contributed by atoms with Gasteiger partial charge in [0, 0.05) is 12.2 Å². The Morgan fingerprint density at radius 1 is 1.10 bits per heavy atom. The minimum absolute atomic E-state index is 0.412. The molecular formula is C16H18N2O3. The molecule has 0 unspecified atom stereocenters. The lowest BCUT2D eigenvalue weighted by Gasteiger charge is -2.11. The number of hydrazine groups is 1. The zero-order chi connectivity index (χ0) is 15.1. The van der Waals surface area contributed by atoms with Crippen LogP contribution in [0.4, 0.5) is 5.69 Å². The smallest absolute Gasteiger partial charge is 0.341 e. The summed E-state index contributed by atoms with van der Waals surface area (Å²) < 4.78 is 9.91. The molecule has 0 radical (unpaired) electrons. The average Bonchev–Trinajstić information content (AvgIpc) is 2.55. The van der Waals surface area contributed by atoms with E-state index in [1.165, 1.54) is 14.2 Å². The molecule has 2 rings (SSSR count). The van der Waals surface area contributed by atoms with E-state index in [4.69, 9.17) is 9.47 Å². The maximum Gasteiger partial charge on any atom is 0.341 e. The Kier molecular flexibility index (Phi) is 5.17. The molecule has 0 spiro atoms. The summed E-state index contributed by atoms with van der Waals surface area (Å²) in [5, 5.41) is 0. The van der Waals surface area contributed by atoms with E-state index < -0.39 is 5.97 Å². The molecule has 0 aromatic heterocycles. The molecule has 21 heavy (non-hydrogen) atoms. The number of esters is 1. The van der Waals surface area contributed by atoms with Crippen LogP contribution in [-0.4, -0.2) is 20.2 Å². The van der Waals surface area contributed by atoms with Crippen molar-refractivity contribution in [3.63, 3.8) is 0 Å². The number of anilines is 1. The molecule has 0 bridgehead atoms. The van der Waals surface area contributed by atoms with Gasteiger partial charge in [-0.2, -0.15) is 0 Å². The monoisotopic (exact) mass is 286 g/mol. The van der Waals surface area contributed by atoms with Crippen molar-refractivity contribution in [2.75, 3.05) is 19.6 Å². The third-order valence-corrected chi connectivity index (χ3v) is 2.97. The van der Waals surface area contributed by atoms with Crippen LogP contribution in [-0.2, 0) is 11.3 Å². The number of ether oxygens (including phenoxy) is 2. The van der Waals surface area contributed by atoms with Crippen LogP contribution in [0.15, 0.2) is 48.5 Å². The first-order valence-corrected chi connectivity index (χ1v) is 6.53. The molecule has 0 heterocycles. The zero-order valence-electron chi connectivity index (χ0n) is 12.1. The Morgan fingerprint density at radius 2 is 1.86 bits per heavy atom. The third kappa shape index (κ3) is 3.97. The molecule has 0 saturated heterocycles. The predicted molar refractivity (Wildman–Crippen MR) is 81.2 cm³/mol. The number of methoxy groups -OCH3 is 2. The summed E-state index contributed by atoms with van der Waals surface area (Å²) in [6.45, 7) is 0.558. The summed E-state index contributed by atoms with van der Waals surface area (Å²) in [5.41, 5.74) is 8.51. The maximum absolute atomic E-state index is 11.7. The van der Waals surface area contributed by atoms with Gasteiger partial charge in [0.2, 0.25) is 0 Å². The van der Waals surface area contributed by atoms with Crippen molar-refractivity contribution < 1.29 is 14.3 Å². The summed E-state index contributed by atoms with van der Waals surface area (Å²) in [6.07, 6.45) is 0. The van der Waals surface area contributed by atoms with Crippen molar-refractivity contribution >= 4 is 11.7 Å². The van der Waals surface area contributed by atoms with Gasteiger partial charge in [0.25, 0.3) is 0 Å². The van der Waals surface area contributed by atoms with Crippen LogP contribution in [0.5, 0.6) is 5.75 Å². The van der Waals surface area contributed by atoms with Crippen molar-refractivity contribution in [2.24, 2.45) is 0 Å². The fourth-order valence-electron chi connectivity index (χ4n) is 1.90. The Labute approximate surface area is 123 Å². The van der Waals surface area contributed by atoms with Crippen LogP contribution in [0.3, 0.4) is 0 Å². The number of hydrogen-bond donors (Lipinski definition) is 2. The van der Waals surface area contributed by atoms with Gasteiger partial charge in [-0.1, -0.05) is 24.3 Å². The number of benzene rings is 2. The number of para-hydroxylation sites is 1. The van der Waals surface area contributed by atoms with Crippen LogP contribution in [0.2, 0.25) is 0 Å². The number of carbonyl (C=O) groups is 1. The molecule has 5 heteroatoms. The van der Waals surface area contributed by atoms with Gasteiger partial charge in [-0.15, -0.1) is 0 Å². The van der Waals surface area contributed by atoms with Crippen LogP contribution in [0.1, 0.15) is 15.9 Å². The summed E-state index contributed by atoms with van der Waals surface area (Å²) in [5.74, 6) is 0.0892. The molecule has 110 valence electrons. The first kappa shape index (κ1) is 14.9. The molecule has 2 aromatic rings. The summed E-state index contributed by atoms with van der Waals surface area (Å²) in [6, 6.07) is 15.2. The Morgan fingerprint density at radius 3 is 2.52 bits per heavy atom. The van der Waals surface area contributed by atoms with E-state index in [1.807, 2.05) is 36.4 Å². The van der Waals surface area contributed by atoms with Gasteiger partial charge in [0.15, 0.2) is 0 Å². The van der Waals surface area contributed by atoms with Crippen molar-refractivity contribution in [1.82, 2.24) is 5.43 Å². The zero-order valence-corrected chi connectivity index (χ0v) is 12.1. The Bertz CT molecular complexity index is 600. The fourth-order valence-corrected chi connectivity index (χ4v) is 1.90. The molecule has 0 atom stereocenters. The highest BCUT2D eigenvalue weighted by Crippen LogP contribution is 2.20. The number of hydrogen-bond acceptors (Lipinski definition) is 5. The van der Waals surface area contributed by atoms with Gasteiger partial charge in [0.1, 0.15) is 11.3 Å². The number of rotatable bonds is 6. The van der Waals surface area contributed by atoms with Crippen molar-refractivity contribution in [2.45, 2.75) is 6.54 Å². The van der Waals surface area contributed by atoms with E-state index >= 15 is 0 Å². The highest BCUT2D eigenvalue weighted by Gasteiger charge is 2.13. The third-order valence-electron chi connectivity index (χ3n) is 2.97. The number of nitrogens with one attached hydrogen (secondary N) is 2. The normalized spacial score (nSPS) is 10.0. The minimum Gasteiger partial charge on any atom is -0.496 e. The highest BCUT2D eigenvalue weighted by molar-refractivity contribution is 5.92. The molecule has 5 nitrogen and oxygen atoms in total. The van der Waals surface area contributed by atoms with Crippen molar-refractivity contribution in [1.29, 1.82) is 0 Å². The van der Waals surface area contributed by atoms with Crippen LogP contribution in [0, 0.1) is 0 Å². The van der Waals surface area contributed by atoms with Crippen molar-refractivity contribution in [3.8, 4) is 5.75 Å². The fraction of sp³-hybridized carbons (Fsp3) is 0.188. The van der Waals surface area contributed by atoms with E-state index in [-0.39, 0.29) is 0 Å². The topological polar surface area (TPSA) is 59.6 Å².